The zero-order valence-corrected chi connectivity index (χ0v) is 9.00. The van der Waals surface area contributed by atoms with Gasteiger partial charge in [-0.1, -0.05) is 6.92 Å². The Bertz CT molecular complexity index is 244. The molecule has 1 aliphatic rings. The minimum Gasteiger partial charge on any atom is -0.137 e. The highest BCUT2D eigenvalue weighted by atomic mass is 14.3. The van der Waals surface area contributed by atoms with Crippen molar-refractivity contribution in [3.05, 3.63) is 32.9 Å². The molecule has 0 aromatic rings. The minimum absolute atomic E-state index is 1.45. The Hall–Kier alpha value is -0.455. The minimum atomic E-state index is 1.45. The van der Waals surface area contributed by atoms with Gasteiger partial charge in [0.1, 0.15) is 39.2 Å². The molecule has 0 spiro atoms. The Morgan fingerprint density at radius 1 is 0.750 bits per heavy atom. The number of rotatable bonds is 0. The SMILES string of the molecule is BC(B)=C1C(=C(B)B)C1=C(B)C. The van der Waals surface area contributed by atoms with Crippen molar-refractivity contribution >= 4 is 39.2 Å². The summed E-state index contributed by atoms with van der Waals surface area (Å²) in [5, 5.41) is 2.89. The highest BCUT2D eigenvalue weighted by Gasteiger charge is 2.30. The van der Waals surface area contributed by atoms with Crippen LogP contribution in [0.25, 0.3) is 0 Å². The second-order valence-electron chi connectivity index (χ2n) is 4.12. The maximum absolute atomic E-state index is 2.19. The van der Waals surface area contributed by atoms with E-state index in [0.717, 1.165) is 0 Å². The molecule has 0 aromatic heterocycles. The van der Waals surface area contributed by atoms with E-state index in [4.69, 9.17) is 0 Å². The van der Waals surface area contributed by atoms with Crippen molar-refractivity contribution in [2.75, 3.05) is 0 Å². The average molecular weight is 151 g/mol. The van der Waals surface area contributed by atoms with E-state index in [-0.39, 0.29) is 0 Å². The summed E-state index contributed by atoms with van der Waals surface area (Å²) in [7, 11) is 10.9. The fourth-order valence-electron chi connectivity index (χ4n) is 1.69. The smallest absolute Gasteiger partial charge is 0.134 e. The van der Waals surface area contributed by atoms with Crippen molar-refractivity contribution in [3.63, 3.8) is 0 Å². The lowest BCUT2D eigenvalue weighted by Crippen LogP contribution is -1.79. The maximum Gasteiger partial charge on any atom is 0.134 e. The third-order valence-electron chi connectivity index (χ3n) is 2.19. The Morgan fingerprint density at radius 3 is 1.17 bits per heavy atom. The zero-order valence-electron chi connectivity index (χ0n) is 9.00. The summed E-state index contributed by atoms with van der Waals surface area (Å²) in [5.74, 6) is 0. The van der Waals surface area contributed by atoms with E-state index in [9.17, 15) is 0 Å². The van der Waals surface area contributed by atoms with Gasteiger partial charge < -0.3 is 0 Å². The largest absolute Gasteiger partial charge is 0.137 e. The normalized spacial score (nSPS) is 14.6. The van der Waals surface area contributed by atoms with Gasteiger partial charge in [0.25, 0.3) is 0 Å². The van der Waals surface area contributed by atoms with E-state index < -0.39 is 0 Å². The first-order valence-corrected chi connectivity index (χ1v) is 4.50. The molecule has 56 valence electrons. The molecule has 1 fully saturated rings. The van der Waals surface area contributed by atoms with Crippen LogP contribution in [0.3, 0.4) is 0 Å². The summed E-state index contributed by atoms with van der Waals surface area (Å²) in [6.07, 6.45) is 0. The molecule has 0 nitrogen and oxygen atoms in total. The summed E-state index contributed by atoms with van der Waals surface area (Å²) < 4.78 is 0. The lowest BCUT2D eigenvalue weighted by atomic mass is 9.74. The van der Waals surface area contributed by atoms with Crippen LogP contribution in [0.5, 0.6) is 0 Å². The lowest BCUT2D eigenvalue weighted by Gasteiger charge is -1.81. The quantitative estimate of drug-likeness (QED) is 0.321. The van der Waals surface area contributed by atoms with E-state index in [1.165, 1.54) is 32.9 Å². The van der Waals surface area contributed by atoms with Crippen LogP contribution in [0.4, 0.5) is 0 Å². The summed E-state index contributed by atoms with van der Waals surface area (Å²) in [6.45, 7) is 2.19. The van der Waals surface area contributed by atoms with Crippen LogP contribution in [0.1, 0.15) is 6.92 Å². The van der Waals surface area contributed by atoms with Gasteiger partial charge in [0.2, 0.25) is 0 Å². The molecule has 1 rings (SSSR count). The third kappa shape index (κ3) is 1.50. The number of hydrogen-bond acceptors (Lipinski definition) is 0. The molecular formula is C7H13B5. The van der Waals surface area contributed by atoms with Crippen LogP contribution in [-0.4, -0.2) is 39.2 Å². The highest BCUT2D eigenvalue weighted by Crippen LogP contribution is 2.47. The predicted octanol–water partition coefficient (Wildman–Crippen LogP) is -3.14. The van der Waals surface area contributed by atoms with Gasteiger partial charge in [-0.2, -0.15) is 0 Å². The fraction of sp³-hybridized carbons (Fsp3) is 0.143. The number of allylic oxidation sites excluding steroid dienone is 4. The molecule has 0 N–H and O–H groups in total. The third-order valence-corrected chi connectivity index (χ3v) is 2.19. The van der Waals surface area contributed by atoms with Crippen LogP contribution in [-0.2, 0) is 0 Å². The van der Waals surface area contributed by atoms with Gasteiger partial charge in [-0.25, -0.2) is 0 Å². The van der Waals surface area contributed by atoms with Gasteiger partial charge in [0.05, 0.1) is 0 Å². The van der Waals surface area contributed by atoms with Crippen molar-refractivity contribution in [1.82, 2.24) is 0 Å². The second-order valence-corrected chi connectivity index (χ2v) is 4.12. The molecule has 0 saturated heterocycles. The summed E-state index contributed by atoms with van der Waals surface area (Å²) in [5.41, 5.74) is 5.97. The van der Waals surface area contributed by atoms with E-state index in [0.29, 0.717) is 0 Å². The topological polar surface area (TPSA) is 0 Å². The van der Waals surface area contributed by atoms with Crippen LogP contribution < -0.4 is 0 Å². The Labute approximate surface area is 79.6 Å². The van der Waals surface area contributed by atoms with E-state index in [1.54, 1.807) is 0 Å². The fourth-order valence-corrected chi connectivity index (χ4v) is 1.69. The van der Waals surface area contributed by atoms with Crippen molar-refractivity contribution in [3.8, 4) is 0 Å². The molecule has 12 heavy (non-hydrogen) atoms. The molecule has 0 atom stereocenters. The first-order valence-electron chi connectivity index (χ1n) is 4.50. The molecule has 5 heteroatoms. The molecular weight excluding hydrogens is 138 g/mol. The van der Waals surface area contributed by atoms with E-state index in [1.807, 2.05) is 0 Å². The van der Waals surface area contributed by atoms with Crippen LogP contribution >= 0.6 is 0 Å². The highest BCUT2D eigenvalue weighted by molar-refractivity contribution is 6.53. The first-order chi connectivity index (χ1) is 5.46. The molecule has 1 aliphatic carbocycles. The Kier molecular flexibility index (Phi) is 2.50. The molecule has 0 bridgehead atoms. The van der Waals surface area contributed by atoms with Gasteiger partial charge >= 0.3 is 0 Å². The Balaban J connectivity index is 3.26. The van der Waals surface area contributed by atoms with Crippen molar-refractivity contribution < 1.29 is 0 Å². The van der Waals surface area contributed by atoms with Gasteiger partial charge in [-0.3, -0.25) is 0 Å². The van der Waals surface area contributed by atoms with Crippen LogP contribution in [0.2, 0.25) is 0 Å². The van der Waals surface area contributed by atoms with Crippen molar-refractivity contribution in [2.24, 2.45) is 0 Å². The van der Waals surface area contributed by atoms with Gasteiger partial charge in [0.15, 0.2) is 0 Å². The summed E-state index contributed by atoms with van der Waals surface area (Å²) >= 11 is 0. The molecule has 0 heterocycles. The molecule has 0 aromatic carbocycles. The maximum atomic E-state index is 2.19. The van der Waals surface area contributed by atoms with Crippen molar-refractivity contribution in [2.45, 2.75) is 6.92 Å². The first kappa shape index (κ1) is 9.63. The summed E-state index contributed by atoms with van der Waals surface area (Å²) in [6, 6.07) is 0. The standard InChI is InChI=1S/C7H13B5/c1-2(8)3-4(6(9)10)5(3)7(11)12/h8-12H2,1H3. The van der Waals surface area contributed by atoms with Gasteiger partial charge in [0, 0.05) is 0 Å². The molecule has 1 saturated carbocycles. The monoisotopic (exact) mass is 152 g/mol. The second kappa shape index (κ2) is 3.12. The van der Waals surface area contributed by atoms with Crippen LogP contribution in [0.15, 0.2) is 32.9 Å². The lowest BCUT2D eigenvalue weighted by molar-refractivity contribution is 1.64. The van der Waals surface area contributed by atoms with E-state index >= 15 is 0 Å². The molecule has 0 amide bonds. The molecule has 0 aliphatic heterocycles. The van der Waals surface area contributed by atoms with Crippen LogP contribution in [0, 0.1) is 0 Å². The molecule has 0 unspecified atom stereocenters. The average Bonchev–Trinajstić information content (AvgIpc) is 2.58. The van der Waals surface area contributed by atoms with Crippen molar-refractivity contribution in [1.29, 1.82) is 0 Å². The number of hydrogen-bond donors (Lipinski definition) is 0. The van der Waals surface area contributed by atoms with Gasteiger partial charge in [-0.15, -0.1) is 16.2 Å². The Morgan fingerprint density at radius 2 is 1.08 bits per heavy atom. The summed E-state index contributed by atoms with van der Waals surface area (Å²) in [4.78, 5) is 0. The predicted molar refractivity (Wildman–Crippen MR) is 69.5 cm³/mol. The van der Waals surface area contributed by atoms with Gasteiger partial charge in [-0.05, 0) is 16.7 Å². The molecule has 0 radical (unpaired) electrons. The van der Waals surface area contributed by atoms with E-state index in [2.05, 4.69) is 46.2 Å². The zero-order chi connectivity index (χ0) is 9.46.